The zero-order valence-corrected chi connectivity index (χ0v) is 9.68. The molecule has 1 aliphatic rings. The molecule has 1 rings (SSSR count). The molecule has 0 atom stereocenters. The van der Waals surface area contributed by atoms with Crippen LogP contribution in [0, 0.1) is 5.92 Å². The monoisotopic (exact) mass is 230 g/mol. The maximum absolute atomic E-state index is 11.8. The number of urea groups is 1. The van der Waals surface area contributed by atoms with Crippen LogP contribution in [0.25, 0.3) is 0 Å². The first-order valence-corrected chi connectivity index (χ1v) is 5.35. The summed E-state index contributed by atoms with van der Waals surface area (Å²) in [7, 11) is 1.59. The fourth-order valence-electron chi connectivity index (χ4n) is 1.58. The highest BCUT2D eigenvalue weighted by atomic mass is 16.5. The topological polar surface area (TPSA) is 70.1 Å². The van der Waals surface area contributed by atoms with Crippen LogP contribution in [0.2, 0.25) is 0 Å². The van der Waals surface area contributed by atoms with Crippen molar-refractivity contribution in [2.24, 2.45) is 5.92 Å². The maximum atomic E-state index is 11.8. The van der Waals surface area contributed by atoms with Crippen molar-refractivity contribution < 1.29 is 19.4 Å². The number of hydrogen-bond acceptors (Lipinski definition) is 3. The van der Waals surface area contributed by atoms with E-state index in [0.717, 1.165) is 0 Å². The second kappa shape index (κ2) is 5.69. The van der Waals surface area contributed by atoms with Crippen LogP contribution in [-0.2, 0) is 9.53 Å². The molecule has 6 nitrogen and oxygen atoms in total. The van der Waals surface area contributed by atoms with Crippen molar-refractivity contribution in [1.82, 2.24) is 9.80 Å². The molecule has 0 aromatic carbocycles. The quantitative estimate of drug-likeness (QED) is 0.726. The van der Waals surface area contributed by atoms with Gasteiger partial charge in [0.15, 0.2) is 0 Å². The number of likely N-dealkylation sites (N-methyl/N-ethyl adjacent to an activating group) is 1. The van der Waals surface area contributed by atoms with E-state index in [2.05, 4.69) is 0 Å². The van der Waals surface area contributed by atoms with Gasteiger partial charge >= 0.3 is 12.0 Å². The van der Waals surface area contributed by atoms with Crippen molar-refractivity contribution >= 4 is 12.0 Å². The summed E-state index contributed by atoms with van der Waals surface area (Å²) in [6, 6.07) is -0.1000. The third-order valence-electron chi connectivity index (χ3n) is 2.72. The number of rotatable bonds is 5. The van der Waals surface area contributed by atoms with Gasteiger partial charge in [-0.15, -0.1) is 0 Å². The van der Waals surface area contributed by atoms with Gasteiger partial charge in [0, 0.05) is 33.3 Å². The van der Waals surface area contributed by atoms with E-state index in [4.69, 9.17) is 9.84 Å². The average Bonchev–Trinajstić information content (AvgIpc) is 2.16. The molecular weight excluding hydrogens is 212 g/mol. The van der Waals surface area contributed by atoms with Crippen LogP contribution >= 0.6 is 0 Å². The Morgan fingerprint density at radius 1 is 1.50 bits per heavy atom. The number of carbonyl (C=O) groups excluding carboxylic acids is 1. The van der Waals surface area contributed by atoms with Crippen molar-refractivity contribution in [3.8, 4) is 0 Å². The lowest BCUT2D eigenvalue weighted by Gasteiger charge is -2.39. The molecule has 1 N–H and O–H groups in total. The van der Waals surface area contributed by atoms with Crippen LogP contribution < -0.4 is 0 Å². The third-order valence-corrected chi connectivity index (χ3v) is 2.72. The molecule has 0 saturated carbocycles. The van der Waals surface area contributed by atoms with Crippen molar-refractivity contribution in [2.45, 2.75) is 6.92 Å². The van der Waals surface area contributed by atoms with E-state index in [1.807, 2.05) is 6.92 Å². The number of likely N-dealkylation sites (tertiary alicyclic amines) is 1. The van der Waals surface area contributed by atoms with Crippen LogP contribution in [0.5, 0.6) is 0 Å². The Kier molecular flexibility index (Phi) is 4.54. The fraction of sp³-hybridized carbons (Fsp3) is 0.800. The van der Waals surface area contributed by atoms with Crippen molar-refractivity contribution in [1.29, 1.82) is 0 Å². The first-order chi connectivity index (χ1) is 7.60. The maximum Gasteiger partial charge on any atom is 0.320 e. The normalized spacial score (nSPS) is 15.8. The van der Waals surface area contributed by atoms with Crippen LogP contribution in [0.4, 0.5) is 4.79 Å². The lowest BCUT2D eigenvalue weighted by Crippen LogP contribution is -2.57. The summed E-state index contributed by atoms with van der Waals surface area (Å²) in [4.78, 5) is 25.6. The first-order valence-electron chi connectivity index (χ1n) is 5.35. The second-order valence-electron chi connectivity index (χ2n) is 3.80. The van der Waals surface area contributed by atoms with Crippen LogP contribution in [0.1, 0.15) is 6.92 Å². The molecule has 0 aromatic heterocycles. The van der Waals surface area contributed by atoms with Gasteiger partial charge in [0.2, 0.25) is 0 Å². The predicted octanol–water partition coefficient (Wildman–Crippen LogP) is 0.0911. The standard InChI is InChI=1S/C10H18N2O4/c1-3-11(4-5-16-2)10(15)12-6-8(7-12)9(13)14/h8H,3-7H2,1-2H3,(H,13,14). The highest BCUT2D eigenvalue weighted by Gasteiger charge is 2.37. The van der Waals surface area contributed by atoms with Crippen molar-refractivity contribution in [3.63, 3.8) is 0 Å². The van der Waals surface area contributed by atoms with E-state index in [1.165, 1.54) is 0 Å². The number of amides is 2. The average molecular weight is 230 g/mol. The highest BCUT2D eigenvalue weighted by Crippen LogP contribution is 2.17. The van der Waals surface area contributed by atoms with Gasteiger partial charge in [0.1, 0.15) is 0 Å². The summed E-state index contributed by atoms with van der Waals surface area (Å²) in [6.07, 6.45) is 0. The Hall–Kier alpha value is -1.30. The van der Waals surface area contributed by atoms with E-state index in [-0.39, 0.29) is 6.03 Å². The number of carboxylic acid groups (broad SMARTS) is 1. The fourth-order valence-corrected chi connectivity index (χ4v) is 1.58. The molecule has 16 heavy (non-hydrogen) atoms. The van der Waals surface area contributed by atoms with Gasteiger partial charge in [-0.05, 0) is 6.92 Å². The number of ether oxygens (including phenoxy) is 1. The zero-order chi connectivity index (χ0) is 12.1. The molecule has 0 bridgehead atoms. The Balaban J connectivity index is 2.36. The predicted molar refractivity (Wildman–Crippen MR) is 57.2 cm³/mol. The molecule has 6 heteroatoms. The molecule has 1 fully saturated rings. The number of hydrogen-bond donors (Lipinski definition) is 1. The molecule has 1 heterocycles. The van der Waals surface area contributed by atoms with Crippen molar-refractivity contribution in [3.05, 3.63) is 0 Å². The SMILES string of the molecule is CCN(CCOC)C(=O)N1CC(C(=O)O)C1. The molecule has 0 radical (unpaired) electrons. The number of nitrogens with zero attached hydrogens (tertiary/aromatic N) is 2. The summed E-state index contributed by atoms with van der Waals surface area (Å²) in [5.74, 6) is -1.23. The van der Waals surface area contributed by atoms with Crippen molar-refractivity contribution in [2.75, 3.05) is 39.9 Å². The van der Waals surface area contributed by atoms with Gasteiger partial charge in [-0.1, -0.05) is 0 Å². The largest absolute Gasteiger partial charge is 0.481 e. The van der Waals surface area contributed by atoms with Gasteiger partial charge in [-0.3, -0.25) is 4.79 Å². The minimum Gasteiger partial charge on any atom is -0.481 e. The summed E-state index contributed by atoms with van der Waals surface area (Å²) >= 11 is 0. The van der Waals surface area contributed by atoms with Gasteiger partial charge in [0.25, 0.3) is 0 Å². The first kappa shape index (κ1) is 12.8. The smallest absolute Gasteiger partial charge is 0.320 e. The Bertz CT molecular complexity index is 264. The Labute approximate surface area is 94.8 Å². The van der Waals surface area contributed by atoms with E-state index >= 15 is 0 Å². The third kappa shape index (κ3) is 2.85. The summed E-state index contributed by atoms with van der Waals surface area (Å²) < 4.78 is 4.91. The number of carboxylic acids is 1. The van der Waals surface area contributed by atoms with E-state index in [0.29, 0.717) is 32.8 Å². The summed E-state index contributed by atoms with van der Waals surface area (Å²) in [6.45, 7) is 4.17. The van der Waals surface area contributed by atoms with Crippen LogP contribution in [0.15, 0.2) is 0 Å². The minimum absolute atomic E-state index is 0.1000. The van der Waals surface area contributed by atoms with Gasteiger partial charge in [0.05, 0.1) is 12.5 Å². The molecule has 1 aliphatic heterocycles. The van der Waals surface area contributed by atoms with Crippen LogP contribution in [-0.4, -0.2) is 66.8 Å². The minimum atomic E-state index is -0.830. The number of methoxy groups -OCH3 is 1. The van der Waals surface area contributed by atoms with Crippen LogP contribution in [0.3, 0.4) is 0 Å². The van der Waals surface area contributed by atoms with E-state index in [1.54, 1.807) is 16.9 Å². The second-order valence-corrected chi connectivity index (χ2v) is 3.80. The van der Waals surface area contributed by atoms with Gasteiger partial charge in [-0.2, -0.15) is 0 Å². The van der Waals surface area contributed by atoms with Gasteiger partial charge < -0.3 is 19.6 Å². The molecule has 0 aliphatic carbocycles. The summed E-state index contributed by atoms with van der Waals surface area (Å²) in [5, 5.41) is 8.70. The molecule has 0 aromatic rings. The van der Waals surface area contributed by atoms with E-state index < -0.39 is 11.9 Å². The molecule has 2 amide bonds. The molecule has 0 spiro atoms. The number of carbonyl (C=O) groups is 2. The molecule has 0 unspecified atom stereocenters. The molecule has 92 valence electrons. The lowest BCUT2D eigenvalue weighted by atomic mass is 10.0. The van der Waals surface area contributed by atoms with E-state index in [9.17, 15) is 9.59 Å². The Morgan fingerprint density at radius 3 is 2.56 bits per heavy atom. The summed E-state index contributed by atoms with van der Waals surface area (Å²) in [5.41, 5.74) is 0. The highest BCUT2D eigenvalue weighted by molar-refractivity contribution is 5.79. The molecule has 1 saturated heterocycles. The Morgan fingerprint density at radius 2 is 2.12 bits per heavy atom. The number of aliphatic carboxylic acids is 1. The zero-order valence-electron chi connectivity index (χ0n) is 9.68. The lowest BCUT2D eigenvalue weighted by molar-refractivity contribution is -0.146. The molecular formula is C10H18N2O4. The van der Waals surface area contributed by atoms with Gasteiger partial charge in [-0.25, -0.2) is 4.79 Å².